The van der Waals surface area contributed by atoms with Crippen molar-refractivity contribution in [2.45, 2.75) is 6.92 Å². The summed E-state index contributed by atoms with van der Waals surface area (Å²) >= 11 is 0. The Hall–Kier alpha value is -7.28. The van der Waals surface area contributed by atoms with Crippen molar-refractivity contribution in [1.29, 1.82) is 0 Å². The van der Waals surface area contributed by atoms with Crippen molar-refractivity contribution < 1.29 is 0 Å². The molecular formula is C57H42. The summed E-state index contributed by atoms with van der Waals surface area (Å²) < 4.78 is 0. The van der Waals surface area contributed by atoms with Crippen molar-refractivity contribution >= 4 is 48.7 Å². The molecule has 0 aliphatic heterocycles. The number of hydrogen-bond acceptors (Lipinski definition) is 0. The molecule has 0 N–H and O–H groups in total. The quantitative estimate of drug-likeness (QED) is 0.118. The van der Waals surface area contributed by atoms with Gasteiger partial charge in [-0.2, -0.15) is 0 Å². The van der Waals surface area contributed by atoms with Crippen LogP contribution < -0.4 is 0 Å². The molecule has 0 fully saturated rings. The Morgan fingerprint density at radius 2 is 0.754 bits per heavy atom. The van der Waals surface area contributed by atoms with E-state index in [4.69, 9.17) is 0 Å². The first kappa shape index (κ1) is 35.4. The zero-order valence-corrected chi connectivity index (χ0v) is 32.1. The molecule has 0 aliphatic rings. The predicted octanol–water partition coefficient (Wildman–Crippen LogP) is 16.2. The molecule has 0 spiro atoms. The van der Waals surface area contributed by atoms with Crippen LogP contribution in [0, 0.1) is 6.92 Å². The molecule has 0 radical (unpaired) electrons. The molecule has 0 unspecified atom stereocenters. The van der Waals surface area contributed by atoms with Gasteiger partial charge in [-0.1, -0.05) is 201 Å². The molecule has 270 valence electrons. The van der Waals surface area contributed by atoms with E-state index in [1.54, 1.807) is 6.08 Å². The van der Waals surface area contributed by atoms with E-state index in [9.17, 15) is 0 Å². The van der Waals surface area contributed by atoms with Crippen LogP contribution in [0.2, 0.25) is 0 Å². The molecule has 0 amide bonds. The maximum absolute atomic E-state index is 3.89. The summed E-state index contributed by atoms with van der Waals surface area (Å²) in [5, 5.41) is 10.1. The lowest BCUT2D eigenvalue weighted by molar-refractivity contribution is 1.43. The van der Waals surface area contributed by atoms with Gasteiger partial charge >= 0.3 is 0 Å². The average Bonchev–Trinajstić information content (AvgIpc) is 3.28. The fourth-order valence-corrected chi connectivity index (χ4v) is 8.23. The number of rotatable bonds is 6. The molecule has 10 aromatic carbocycles. The van der Waals surface area contributed by atoms with E-state index in [1.165, 1.54) is 98.7 Å². The number of fused-ring (bicyclic) bond motifs is 4. The van der Waals surface area contributed by atoms with E-state index in [2.05, 4.69) is 214 Å². The van der Waals surface area contributed by atoms with Gasteiger partial charge in [-0.05, 0) is 135 Å². The molecule has 0 saturated carbocycles. The van der Waals surface area contributed by atoms with Gasteiger partial charge in [0.2, 0.25) is 0 Å². The average molecular weight is 727 g/mol. The van der Waals surface area contributed by atoms with Crippen molar-refractivity contribution in [3.05, 3.63) is 237 Å². The number of allylic oxidation sites excluding steroid dienone is 2. The van der Waals surface area contributed by atoms with Crippen LogP contribution >= 0.6 is 0 Å². The predicted molar refractivity (Wildman–Crippen MR) is 249 cm³/mol. The van der Waals surface area contributed by atoms with Crippen molar-refractivity contribution in [3.63, 3.8) is 0 Å². The monoisotopic (exact) mass is 726 g/mol. The normalized spacial score (nSPS) is 11.0. The summed E-state index contributed by atoms with van der Waals surface area (Å²) in [5.74, 6) is 0. The van der Waals surface area contributed by atoms with E-state index in [1.807, 2.05) is 12.1 Å². The molecular weight excluding hydrogens is 685 g/mol. The lowest BCUT2D eigenvalue weighted by Gasteiger charge is -2.18. The van der Waals surface area contributed by atoms with Crippen LogP contribution in [-0.4, -0.2) is 0 Å². The lowest BCUT2D eigenvalue weighted by atomic mass is 9.85. The number of hydrogen-bond donors (Lipinski definition) is 0. The zero-order chi connectivity index (χ0) is 38.7. The highest BCUT2D eigenvalue weighted by atomic mass is 14.2. The van der Waals surface area contributed by atoms with Crippen LogP contribution in [0.3, 0.4) is 0 Å². The Balaban J connectivity index is 0.000000335. The molecule has 0 aliphatic carbocycles. The van der Waals surface area contributed by atoms with Crippen molar-refractivity contribution in [2.75, 3.05) is 0 Å². The first-order valence-electron chi connectivity index (χ1n) is 19.6. The van der Waals surface area contributed by atoms with Crippen LogP contribution in [0.1, 0.15) is 11.1 Å². The minimum atomic E-state index is 0.989. The van der Waals surface area contributed by atoms with E-state index >= 15 is 0 Å². The van der Waals surface area contributed by atoms with Gasteiger partial charge < -0.3 is 0 Å². The van der Waals surface area contributed by atoms with Gasteiger partial charge in [-0.15, -0.1) is 0 Å². The van der Waals surface area contributed by atoms with Crippen LogP contribution in [0.4, 0.5) is 0 Å². The summed E-state index contributed by atoms with van der Waals surface area (Å²) in [6, 6.07) is 74.7. The molecule has 0 saturated heterocycles. The Morgan fingerprint density at radius 1 is 0.351 bits per heavy atom. The minimum Gasteiger partial charge on any atom is -0.0985 e. The maximum Gasteiger partial charge on any atom is -0.00262 e. The van der Waals surface area contributed by atoms with Crippen LogP contribution in [0.25, 0.3) is 93.2 Å². The zero-order valence-electron chi connectivity index (χ0n) is 32.1. The third-order valence-electron chi connectivity index (χ3n) is 11.1. The molecule has 0 bridgehead atoms. The SMILES string of the molecule is C=CC(=C)c1ccccc1C.c1ccc(-c2c3ccccc3c(-c3cccc(-c4ccc5cc(-c6ccc7ccccc7c6)ccc5c4)c3)c3ccccc23)cc1. The van der Waals surface area contributed by atoms with E-state index in [-0.39, 0.29) is 0 Å². The van der Waals surface area contributed by atoms with Crippen molar-refractivity contribution in [3.8, 4) is 44.5 Å². The van der Waals surface area contributed by atoms with Crippen LogP contribution in [0.15, 0.2) is 225 Å². The number of benzene rings is 10. The standard InChI is InChI=1S/C46H30.C11H12/c1-2-12-32(13-3-1)45-41-17-6-8-19-43(41)46(44-20-9-7-18-42(44)45)40-16-10-15-34(30-40)35-23-24-39-29-38(26-25-37(39)28-35)36-22-21-31-11-4-5-14-33(31)27-36;1-4-9(2)11-8-6-5-7-10(11)3/h1-30H;4-8H,1-2H2,3H3. The maximum atomic E-state index is 3.89. The van der Waals surface area contributed by atoms with E-state index in [0.717, 1.165) is 5.57 Å². The minimum absolute atomic E-state index is 0.989. The summed E-state index contributed by atoms with van der Waals surface area (Å²) in [6.45, 7) is 9.64. The first-order valence-corrected chi connectivity index (χ1v) is 19.6. The summed E-state index contributed by atoms with van der Waals surface area (Å²) in [7, 11) is 0. The Kier molecular flexibility index (Phi) is 9.61. The van der Waals surface area contributed by atoms with Gasteiger partial charge in [0.15, 0.2) is 0 Å². The summed E-state index contributed by atoms with van der Waals surface area (Å²) in [4.78, 5) is 0. The molecule has 0 heterocycles. The fourth-order valence-electron chi connectivity index (χ4n) is 8.23. The third-order valence-corrected chi connectivity index (χ3v) is 11.1. The summed E-state index contributed by atoms with van der Waals surface area (Å²) in [6.07, 6.45) is 1.78. The van der Waals surface area contributed by atoms with Crippen LogP contribution in [0.5, 0.6) is 0 Å². The molecule has 10 aromatic rings. The van der Waals surface area contributed by atoms with Gasteiger partial charge in [0.1, 0.15) is 0 Å². The molecule has 0 nitrogen and oxygen atoms in total. The Morgan fingerprint density at radius 3 is 1.32 bits per heavy atom. The Bertz CT molecular complexity index is 3050. The van der Waals surface area contributed by atoms with E-state index in [0.29, 0.717) is 0 Å². The molecule has 0 atom stereocenters. The summed E-state index contributed by atoms with van der Waals surface area (Å²) in [5.41, 5.74) is 13.4. The molecule has 10 rings (SSSR count). The third kappa shape index (κ3) is 6.95. The molecule has 0 heteroatoms. The number of aryl methyl sites for hydroxylation is 1. The Labute approximate surface area is 335 Å². The smallest absolute Gasteiger partial charge is 0.00262 e. The highest BCUT2D eigenvalue weighted by Crippen LogP contribution is 2.44. The fraction of sp³-hybridized carbons (Fsp3) is 0.0175. The van der Waals surface area contributed by atoms with Crippen molar-refractivity contribution in [2.24, 2.45) is 0 Å². The highest BCUT2D eigenvalue weighted by Gasteiger charge is 2.17. The van der Waals surface area contributed by atoms with Gasteiger partial charge in [-0.3, -0.25) is 0 Å². The van der Waals surface area contributed by atoms with Crippen LogP contribution in [-0.2, 0) is 0 Å². The second-order valence-electron chi connectivity index (χ2n) is 14.7. The largest absolute Gasteiger partial charge is 0.0985 e. The molecule has 0 aromatic heterocycles. The van der Waals surface area contributed by atoms with Gasteiger partial charge in [-0.25, -0.2) is 0 Å². The topological polar surface area (TPSA) is 0 Å². The second kappa shape index (κ2) is 15.5. The first-order chi connectivity index (χ1) is 28.1. The lowest BCUT2D eigenvalue weighted by Crippen LogP contribution is -1.91. The second-order valence-corrected chi connectivity index (χ2v) is 14.7. The van der Waals surface area contributed by atoms with Gasteiger partial charge in [0.05, 0.1) is 0 Å². The molecule has 57 heavy (non-hydrogen) atoms. The van der Waals surface area contributed by atoms with E-state index < -0.39 is 0 Å². The van der Waals surface area contributed by atoms with Gasteiger partial charge in [0, 0.05) is 0 Å². The highest BCUT2D eigenvalue weighted by molar-refractivity contribution is 6.21. The van der Waals surface area contributed by atoms with Crippen molar-refractivity contribution in [1.82, 2.24) is 0 Å². The van der Waals surface area contributed by atoms with Gasteiger partial charge in [0.25, 0.3) is 0 Å².